The number of hydrogen-bond acceptors (Lipinski definition) is 8. The third-order valence-corrected chi connectivity index (χ3v) is 4.52. The number of hydroxylamine groups is 2. The van der Waals surface area contributed by atoms with Gasteiger partial charge in [0.2, 0.25) is 5.91 Å². The van der Waals surface area contributed by atoms with Gasteiger partial charge in [0, 0.05) is 5.69 Å². The summed E-state index contributed by atoms with van der Waals surface area (Å²) < 4.78 is 21.9. The normalized spacial score (nSPS) is 17.0. The fourth-order valence-electron chi connectivity index (χ4n) is 1.85. The minimum Gasteiger partial charge on any atom is -0.870 e. The zero-order valence-electron chi connectivity index (χ0n) is 13.3. The number of rotatable bonds is 5. The molecule has 26 heavy (non-hydrogen) atoms. The molecule has 1 aromatic carbocycles. The number of anilines is 1. The van der Waals surface area contributed by atoms with Crippen LogP contribution in [0.25, 0.3) is 0 Å². The molecule has 1 aromatic rings. The van der Waals surface area contributed by atoms with Crippen molar-refractivity contribution in [2.24, 2.45) is 0 Å². The summed E-state index contributed by atoms with van der Waals surface area (Å²) in [5.74, 6) is -3.22. The Hall–Kier alpha value is -0.900. The zero-order chi connectivity index (χ0) is 17.9. The Kier molecular flexibility index (Phi) is 10.7. The van der Waals surface area contributed by atoms with Gasteiger partial charge in [-0.2, -0.15) is 0 Å². The van der Waals surface area contributed by atoms with Crippen LogP contribution in [0.2, 0.25) is 0 Å². The SMILES string of the molecule is O=C(CI)Nc1ccc(C(=O)ON2C(=O)CC(S(=O)[O-])C2=O)cc1.[Na+].[OH-]. The van der Waals surface area contributed by atoms with Crippen molar-refractivity contribution in [2.45, 2.75) is 11.7 Å². The van der Waals surface area contributed by atoms with E-state index in [4.69, 9.17) is 0 Å². The van der Waals surface area contributed by atoms with Crippen LogP contribution in [0.3, 0.4) is 0 Å². The molecule has 2 atom stereocenters. The molecule has 0 aliphatic carbocycles. The number of imide groups is 1. The predicted molar refractivity (Wildman–Crippen MR) is 90.5 cm³/mol. The van der Waals surface area contributed by atoms with Crippen LogP contribution in [0, 0.1) is 0 Å². The molecule has 3 amide bonds. The number of benzene rings is 1. The molecule has 13 heteroatoms. The van der Waals surface area contributed by atoms with E-state index >= 15 is 0 Å². The molecule has 136 valence electrons. The van der Waals surface area contributed by atoms with Gasteiger partial charge in [-0.15, -0.1) is 5.06 Å². The smallest absolute Gasteiger partial charge is 0.870 e. The molecule has 0 aromatic heterocycles. The van der Waals surface area contributed by atoms with Crippen LogP contribution in [0.15, 0.2) is 24.3 Å². The number of nitrogens with one attached hydrogen (secondary N) is 1. The Morgan fingerprint density at radius 2 is 1.88 bits per heavy atom. The zero-order valence-corrected chi connectivity index (χ0v) is 18.3. The van der Waals surface area contributed by atoms with Gasteiger partial charge in [0.25, 0.3) is 11.8 Å². The van der Waals surface area contributed by atoms with Crippen molar-refractivity contribution in [1.29, 1.82) is 0 Å². The molecule has 0 saturated carbocycles. The first kappa shape index (κ1) is 25.1. The minimum atomic E-state index is -2.78. The molecule has 0 spiro atoms. The number of carbonyl (C=O) groups is 4. The first-order valence-electron chi connectivity index (χ1n) is 6.46. The number of alkyl halides is 1. The Balaban J connectivity index is 0.00000312. The Labute approximate surface area is 186 Å². The first-order chi connectivity index (χ1) is 11.3. The average Bonchev–Trinajstić information content (AvgIpc) is 2.83. The maximum absolute atomic E-state index is 11.9. The molecule has 1 fully saturated rings. The van der Waals surface area contributed by atoms with Gasteiger partial charge in [0.05, 0.1) is 16.4 Å². The van der Waals surface area contributed by atoms with Gasteiger partial charge in [0.15, 0.2) is 0 Å². The van der Waals surface area contributed by atoms with E-state index in [-0.39, 0.29) is 56.0 Å². The summed E-state index contributed by atoms with van der Waals surface area (Å²) in [6.45, 7) is 0. The topological polar surface area (TPSA) is 163 Å². The Morgan fingerprint density at radius 3 is 2.35 bits per heavy atom. The molecule has 2 N–H and O–H groups in total. The Bertz CT molecular complexity index is 729. The standard InChI is InChI=1S/C13H11IN2O7S.Na.H2O/c14-6-10(17)15-8-3-1-7(2-4-8)13(20)23-16-11(18)5-9(12(16)19)24(21)22;;/h1-4,9H,5-6H2,(H,15,17)(H,21,22);;1H2/q;+1;/p-2. The van der Waals surface area contributed by atoms with Gasteiger partial charge < -0.3 is 20.2 Å². The van der Waals surface area contributed by atoms with Crippen LogP contribution < -0.4 is 34.9 Å². The fourth-order valence-corrected chi connectivity index (χ4v) is 2.58. The Morgan fingerprint density at radius 1 is 1.31 bits per heavy atom. The van der Waals surface area contributed by atoms with Gasteiger partial charge in [-0.05, 0) is 35.3 Å². The predicted octanol–water partition coefficient (Wildman–Crippen LogP) is -3.03. The molecule has 0 radical (unpaired) electrons. The molecule has 0 bridgehead atoms. The van der Waals surface area contributed by atoms with Gasteiger partial charge in [-0.25, -0.2) is 4.79 Å². The maximum Gasteiger partial charge on any atom is 1.00 e. The number of amides is 3. The number of halogens is 1. The van der Waals surface area contributed by atoms with Crippen molar-refractivity contribution in [3.63, 3.8) is 0 Å². The molecule has 1 heterocycles. The molecular weight excluding hydrogens is 494 g/mol. The van der Waals surface area contributed by atoms with Crippen LogP contribution in [-0.2, 0) is 30.3 Å². The summed E-state index contributed by atoms with van der Waals surface area (Å²) in [6.07, 6.45) is -0.566. The molecule has 1 aliphatic rings. The van der Waals surface area contributed by atoms with Crippen molar-refractivity contribution in [1.82, 2.24) is 5.06 Å². The van der Waals surface area contributed by atoms with Crippen molar-refractivity contribution < 1.29 is 67.8 Å². The fraction of sp³-hybridized carbons (Fsp3) is 0.231. The van der Waals surface area contributed by atoms with E-state index in [0.717, 1.165) is 0 Å². The third-order valence-electron chi connectivity index (χ3n) is 2.99. The first-order valence-corrected chi connectivity index (χ1v) is 9.13. The quantitative estimate of drug-likeness (QED) is 0.145. The van der Waals surface area contributed by atoms with Gasteiger partial charge in [-0.1, -0.05) is 22.6 Å². The van der Waals surface area contributed by atoms with Crippen molar-refractivity contribution in [3.8, 4) is 0 Å². The van der Waals surface area contributed by atoms with E-state index < -0.39 is 40.5 Å². The second-order valence-corrected chi connectivity index (χ2v) is 6.47. The van der Waals surface area contributed by atoms with Gasteiger partial charge in [0.1, 0.15) is 5.25 Å². The number of hydrogen-bond donors (Lipinski definition) is 1. The molecule has 1 saturated heterocycles. The summed E-state index contributed by atoms with van der Waals surface area (Å²) in [7, 11) is 0. The molecule has 10 nitrogen and oxygen atoms in total. The molecule has 1 aliphatic heterocycles. The van der Waals surface area contributed by atoms with Crippen LogP contribution in [-0.4, -0.2) is 52.7 Å². The van der Waals surface area contributed by atoms with Crippen LogP contribution in [0.1, 0.15) is 16.8 Å². The van der Waals surface area contributed by atoms with E-state index in [1.807, 2.05) is 22.6 Å². The molecule has 2 rings (SSSR count). The van der Waals surface area contributed by atoms with Crippen molar-refractivity contribution in [3.05, 3.63) is 29.8 Å². The van der Waals surface area contributed by atoms with Crippen LogP contribution >= 0.6 is 22.6 Å². The monoisotopic (exact) mass is 505 g/mol. The van der Waals surface area contributed by atoms with E-state index in [1.165, 1.54) is 24.3 Å². The van der Waals surface area contributed by atoms with E-state index in [2.05, 4.69) is 10.2 Å². The van der Waals surface area contributed by atoms with Crippen LogP contribution in [0.4, 0.5) is 5.69 Å². The molecular formula is C13H11IN2NaO8S-. The second-order valence-electron chi connectivity index (χ2n) is 4.62. The van der Waals surface area contributed by atoms with Crippen molar-refractivity contribution >= 4 is 63.0 Å². The number of nitrogens with zero attached hydrogens (tertiary/aromatic N) is 1. The van der Waals surface area contributed by atoms with Crippen LogP contribution in [0.5, 0.6) is 0 Å². The van der Waals surface area contributed by atoms with E-state index in [0.29, 0.717) is 5.69 Å². The van der Waals surface area contributed by atoms with Gasteiger partial charge >= 0.3 is 35.5 Å². The third kappa shape index (κ3) is 6.07. The largest absolute Gasteiger partial charge is 1.00 e. The minimum absolute atomic E-state index is 0. The molecule has 2 unspecified atom stereocenters. The maximum atomic E-state index is 11.9. The number of carbonyl (C=O) groups excluding carboxylic acids is 4. The summed E-state index contributed by atoms with van der Waals surface area (Å²) in [5.41, 5.74) is 0.484. The van der Waals surface area contributed by atoms with E-state index in [1.54, 1.807) is 0 Å². The summed E-state index contributed by atoms with van der Waals surface area (Å²) in [6, 6.07) is 5.56. The van der Waals surface area contributed by atoms with E-state index in [9.17, 15) is 27.9 Å². The summed E-state index contributed by atoms with van der Waals surface area (Å²) in [5, 5.41) is 1.19. The second kappa shape index (κ2) is 11.1. The average molecular weight is 505 g/mol. The van der Waals surface area contributed by atoms with Crippen molar-refractivity contribution in [2.75, 3.05) is 9.74 Å². The summed E-state index contributed by atoms with van der Waals surface area (Å²) in [4.78, 5) is 51.2. The summed E-state index contributed by atoms with van der Waals surface area (Å²) >= 11 is -0.880. The van der Waals surface area contributed by atoms with Gasteiger partial charge in [-0.3, -0.25) is 18.6 Å².